The Labute approximate surface area is 125 Å². The highest BCUT2D eigenvalue weighted by molar-refractivity contribution is 5.93. The summed E-state index contributed by atoms with van der Waals surface area (Å²) < 4.78 is 14.5. The van der Waals surface area contributed by atoms with E-state index in [0.29, 0.717) is 6.54 Å². The SMILES string of the molecule is CCCNC(=O)c1c[nH]c(=O)n(Cc2ccccc2F)c1=O. The van der Waals surface area contributed by atoms with Gasteiger partial charge in [-0.25, -0.2) is 9.18 Å². The van der Waals surface area contributed by atoms with Gasteiger partial charge in [0.2, 0.25) is 0 Å². The Morgan fingerprint density at radius 3 is 2.73 bits per heavy atom. The molecule has 116 valence electrons. The lowest BCUT2D eigenvalue weighted by atomic mass is 10.2. The lowest BCUT2D eigenvalue weighted by Gasteiger charge is -2.08. The van der Waals surface area contributed by atoms with Crippen LogP contribution < -0.4 is 16.6 Å². The second-order valence-corrected chi connectivity index (χ2v) is 4.75. The molecule has 2 N–H and O–H groups in total. The maximum Gasteiger partial charge on any atom is 0.328 e. The van der Waals surface area contributed by atoms with Crippen LogP contribution >= 0.6 is 0 Å². The Balaban J connectivity index is 2.40. The van der Waals surface area contributed by atoms with E-state index in [4.69, 9.17) is 0 Å². The molecule has 2 aromatic rings. The monoisotopic (exact) mass is 305 g/mol. The Bertz CT molecular complexity index is 795. The largest absolute Gasteiger partial charge is 0.352 e. The third kappa shape index (κ3) is 3.30. The normalized spacial score (nSPS) is 10.5. The van der Waals surface area contributed by atoms with Crippen LogP contribution in [0.3, 0.4) is 0 Å². The third-order valence-corrected chi connectivity index (χ3v) is 3.13. The highest BCUT2D eigenvalue weighted by Crippen LogP contribution is 2.06. The molecule has 0 saturated heterocycles. The van der Waals surface area contributed by atoms with Crippen molar-refractivity contribution in [3.8, 4) is 0 Å². The van der Waals surface area contributed by atoms with Gasteiger partial charge in [0, 0.05) is 18.3 Å². The van der Waals surface area contributed by atoms with E-state index in [1.165, 1.54) is 18.2 Å². The van der Waals surface area contributed by atoms with Gasteiger partial charge in [-0.3, -0.25) is 14.2 Å². The van der Waals surface area contributed by atoms with Gasteiger partial charge >= 0.3 is 5.69 Å². The Morgan fingerprint density at radius 2 is 2.05 bits per heavy atom. The van der Waals surface area contributed by atoms with Crippen LogP contribution in [0.2, 0.25) is 0 Å². The Hall–Kier alpha value is -2.70. The first-order valence-electron chi connectivity index (χ1n) is 6.88. The summed E-state index contributed by atoms with van der Waals surface area (Å²) in [5.74, 6) is -1.08. The molecule has 0 aliphatic rings. The Kier molecular flexibility index (Phi) is 4.88. The van der Waals surface area contributed by atoms with Gasteiger partial charge in [0.25, 0.3) is 11.5 Å². The molecule has 0 aliphatic heterocycles. The molecule has 1 amide bonds. The molecular formula is C15H16FN3O3. The van der Waals surface area contributed by atoms with E-state index in [9.17, 15) is 18.8 Å². The summed E-state index contributed by atoms with van der Waals surface area (Å²) in [5, 5.41) is 2.56. The predicted octanol–water partition coefficient (Wildman–Crippen LogP) is 0.864. The molecule has 0 aliphatic carbocycles. The average Bonchev–Trinajstić information content (AvgIpc) is 2.50. The van der Waals surface area contributed by atoms with Crippen molar-refractivity contribution in [1.82, 2.24) is 14.9 Å². The quantitative estimate of drug-likeness (QED) is 0.859. The van der Waals surface area contributed by atoms with E-state index < -0.39 is 23.0 Å². The van der Waals surface area contributed by atoms with Crippen molar-refractivity contribution < 1.29 is 9.18 Å². The minimum absolute atomic E-state index is 0.176. The summed E-state index contributed by atoms with van der Waals surface area (Å²) >= 11 is 0. The second-order valence-electron chi connectivity index (χ2n) is 4.75. The molecule has 0 saturated carbocycles. The number of nitrogens with one attached hydrogen (secondary N) is 2. The number of carbonyl (C=O) groups excluding carboxylic acids is 1. The zero-order chi connectivity index (χ0) is 16.1. The topological polar surface area (TPSA) is 84.0 Å². The van der Waals surface area contributed by atoms with E-state index in [1.54, 1.807) is 6.07 Å². The molecule has 6 nitrogen and oxygen atoms in total. The number of benzene rings is 1. The first kappa shape index (κ1) is 15.7. The summed E-state index contributed by atoms with van der Waals surface area (Å²) in [6.45, 7) is 2.06. The number of hydrogen-bond acceptors (Lipinski definition) is 3. The van der Waals surface area contributed by atoms with Gasteiger partial charge in [0.15, 0.2) is 0 Å². The van der Waals surface area contributed by atoms with Crippen LogP contribution in [0, 0.1) is 5.82 Å². The molecule has 1 heterocycles. The first-order valence-corrected chi connectivity index (χ1v) is 6.88. The molecule has 0 fully saturated rings. The van der Waals surface area contributed by atoms with Gasteiger partial charge < -0.3 is 10.3 Å². The summed E-state index contributed by atoms with van der Waals surface area (Å²) in [4.78, 5) is 38.3. The molecule has 0 radical (unpaired) electrons. The molecular weight excluding hydrogens is 289 g/mol. The molecule has 1 aromatic carbocycles. The van der Waals surface area contributed by atoms with Crippen molar-refractivity contribution in [3.63, 3.8) is 0 Å². The van der Waals surface area contributed by atoms with Crippen LogP contribution in [0.25, 0.3) is 0 Å². The van der Waals surface area contributed by atoms with Gasteiger partial charge in [0.1, 0.15) is 11.4 Å². The summed E-state index contributed by atoms with van der Waals surface area (Å²) in [7, 11) is 0. The first-order chi connectivity index (χ1) is 10.5. The van der Waals surface area contributed by atoms with E-state index in [2.05, 4.69) is 10.3 Å². The lowest BCUT2D eigenvalue weighted by molar-refractivity contribution is 0.0951. The van der Waals surface area contributed by atoms with Gasteiger partial charge in [-0.15, -0.1) is 0 Å². The van der Waals surface area contributed by atoms with Crippen molar-refractivity contribution in [1.29, 1.82) is 0 Å². The highest BCUT2D eigenvalue weighted by Gasteiger charge is 2.15. The lowest BCUT2D eigenvalue weighted by Crippen LogP contribution is -2.41. The summed E-state index contributed by atoms with van der Waals surface area (Å²) in [6.07, 6.45) is 1.80. The zero-order valence-corrected chi connectivity index (χ0v) is 12.1. The van der Waals surface area contributed by atoms with Crippen molar-refractivity contribution in [2.75, 3.05) is 6.54 Å². The van der Waals surface area contributed by atoms with Crippen molar-refractivity contribution >= 4 is 5.91 Å². The minimum atomic E-state index is -0.749. The van der Waals surface area contributed by atoms with Crippen LogP contribution in [0.15, 0.2) is 40.1 Å². The number of halogens is 1. The van der Waals surface area contributed by atoms with Crippen LogP contribution in [-0.2, 0) is 6.54 Å². The average molecular weight is 305 g/mol. The smallest absolute Gasteiger partial charge is 0.328 e. The number of rotatable bonds is 5. The highest BCUT2D eigenvalue weighted by atomic mass is 19.1. The number of H-pyrrole nitrogens is 1. The second kappa shape index (κ2) is 6.84. The van der Waals surface area contributed by atoms with Gasteiger partial charge in [-0.1, -0.05) is 25.1 Å². The van der Waals surface area contributed by atoms with Gasteiger partial charge in [0.05, 0.1) is 6.54 Å². The zero-order valence-electron chi connectivity index (χ0n) is 12.1. The van der Waals surface area contributed by atoms with E-state index in [1.807, 2.05) is 6.92 Å². The number of nitrogens with zero attached hydrogens (tertiary/aromatic N) is 1. The van der Waals surface area contributed by atoms with E-state index >= 15 is 0 Å². The standard InChI is InChI=1S/C15H16FN3O3/c1-2-7-17-13(20)11-8-18-15(22)19(14(11)21)9-10-5-3-4-6-12(10)16/h3-6,8H,2,7,9H2,1H3,(H,17,20)(H,18,22). The Morgan fingerprint density at radius 1 is 1.32 bits per heavy atom. The minimum Gasteiger partial charge on any atom is -0.352 e. The fraction of sp³-hybridized carbons (Fsp3) is 0.267. The fourth-order valence-electron chi connectivity index (χ4n) is 1.95. The molecule has 7 heteroatoms. The number of aromatic nitrogens is 2. The molecule has 0 bridgehead atoms. The van der Waals surface area contributed by atoms with E-state index in [-0.39, 0.29) is 17.7 Å². The number of amides is 1. The maximum atomic E-state index is 13.7. The molecule has 0 unspecified atom stereocenters. The van der Waals surface area contributed by atoms with Gasteiger partial charge in [-0.2, -0.15) is 0 Å². The van der Waals surface area contributed by atoms with Crippen molar-refractivity contribution in [3.05, 3.63) is 68.2 Å². The number of hydrogen-bond donors (Lipinski definition) is 2. The van der Waals surface area contributed by atoms with Gasteiger partial charge in [-0.05, 0) is 12.5 Å². The van der Waals surface area contributed by atoms with Crippen LogP contribution in [0.5, 0.6) is 0 Å². The maximum absolute atomic E-state index is 13.7. The van der Waals surface area contributed by atoms with Crippen LogP contribution in [0.1, 0.15) is 29.3 Å². The van der Waals surface area contributed by atoms with Crippen molar-refractivity contribution in [2.24, 2.45) is 0 Å². The molecule has 1 aromatic heterocycles. The van der Waals surface area contributed by atoms with Crippen molar-refractivity contribution in [2.45, 2.75) is 19.9 Å². The predicted molar refractivity (Wildman–Crippen MR) is 79.4 cm³/mol. The van der Waals surface area contributed by atoms with Crippen LogP contribution in [0.4, 0.5) is 4.39 Å². The van der Waals surface area contributed by atoms with E-state index in [0.717, 1.165) is 17.2 Å². The summed E-state index contributed by atoms with van der Waals surface area (Å²) in [6, 6.07) is 5.84. The third-order valence-electron chi connectivity index (χ3n) is 3.13. The molecule has 2 rings (SSSR count). The summed E-state index contributed by atoms with van der Waals surface area (Å²) in [5.41, 5.74) is -1.42. The number of aromatic amines is 1. The number of carbonyl (C=O) groups is 1. The molecule has 0 atom stereocenters. The molecule has 0 spiro atoms. The van der Waals surface area contributed by atoms with Crippen LogP contribution in [-0.4, -0.2) is 22.0 Å². The molecule has 22 heavy (non-hydrogen) atoms. The fourth-order valence-corrected chi connectivity index (χ4v) is 1.95.